The van der Waals surface area contributed by atoms with Gasteiger partial charge in [-0.25, -0.2) is 9.59 Å². The van der Waals surface area contributed by atoms with Crippen molar-refractivity contribution in [3.63, 3.8) is 0 Å². The molecule has 0 atom stereocenters. The van der Waals surface area contributed by atoms with Crippen LogP contribution in [0.1, 0.15) is 10.4 Å². The molecule has 6 nitrogen and oxygen atoms in total. The van der Waals surface area contributed by atoms with Crippen molar-refractivity contribution in [3.8, 4) is 5.75 Å². The fourth-order valence-electron chi connectivity index (χ4n) is 1.27. The van der Waals surface area contributed by atoms with Gasteiger partial charge in [0.05, 0.1) is 18.8 Å². The maximum Gasteiger partial charge on any atom is 0.335 e. The molecule has 0 saturated heterocycles. The first-order valence-corrected chi connectivity index (χ1v) is 5.96. The summed E-state index contributed by atoms with van der Waals surface area (Å²) < 4.78 is 15.2. The van der Waals surface area contributed by atoms with E-state index in [1.54, 1.807) is 12.1 Å². The van der Waals surface area contributed by atoms with E-state index in [1.165, 1.54) is 12.1 Å². The molecule has 0 radical (unpaired) electrons. The number of carbonyl (C=O) groups excluding carboxylic acids is 1. The lowest BCUT2D eigenvalue weighted by Gasteiger charge is -2.07. The summed E-state index contributed by atoms with van der Waals surface area (Å²) in [6, 6.07) is 6.09. The van der Waals surface area contributed by atoms with Crippen molar-refractivity contribution in [2.24, 2.45) is 0 Å². The summed E-state index contributed by atoms with van der Waals surface area (Å²) in [6.45, 7) is 4.37. The van der Waals surface area contributed by atoms with Gasteiger partial charge >= 0.3 is 11.9 Å². The Labute approximate surface area is 116 Å². The third-order valence-corrected chi connectivity index (χ3v) is 2.24. The number of hydrogen-bond donors (Lipinski definition) is 1. The number of ether oxygens (including phenoxy) is 3. The standard InChI is InChI=1S/C14H16O6/c1-2-13(15)20-10-8-18-7-9-19-12-5-3-11(4-6-12)14(16)17/h2-6H,1,7-10H2,(H,16,17). The van der Waals surface area contributed by atoms with Crippen molar-refractivity contribution in [2.45, 2.75) is 0 Å². The van der Waals surface area contributed by atoms with Crippen LogP contribution in [0.25, 0.3) is 0 Å². The van der Waals surface area contributed by atoms with Crippen LogP contribution in [0.5, 0.6) is 5.75 Å². The van der Waals surface area contributed by atoms with E-state index in [0.29, 0.717) is 19.0 Å². The van der Waals surface area contributed by atoms with Gasteiger partial charge in [-0.15, -0.1) is 0 Å². The van der Waals surface area contributed by atoms with Crippen molar-refractivity contribution in [2.75, 3.05) is 26.4 Å². The molecule has 0 saturated carbocycles. The second kappa shape index (κ2) is 8.71. The minimum atomic E-state index is -0.978. The lowest BCUT2D eigenvalue weighted by Crippen LogP contribution is -2.12. The minimum Gasteiger partial charge on any atom is -0.491 e. The first-order valence-electron chi connectivity index (χ1n) is 5.96. The van der Waals surface area contributed by atoms with Crippen LogP contribution in [-0.4, -0.2) is 43.5 Å². The predicted octanol–water partition coefficient (Wildman–Crippen LogP) is 1.51. The van der Waals surface area contributed by atoms with Crippen molar-refractivity contribution in [1.29, 1.82) is 0 Å². The summed E-state index contributed by atoms with van der Waals surface area (Å²) in [5.41, 5.74) is 0.206. The van der Waals surface area contributed by atoms with Gasteiger partial charge in [0.15, 0.2) is 0 Å². The number of hydrogen-bond acceptors (Lipinski definition) is 5. The molecule has 0 aromatic heterocycles. The Hall–Kier alpha value is -2.34. The predicted molar refractivity (Wildman–Crippen MR) is 70.9 cm³/mol. The van der Waals surface area contributed by atoms with Gasteiger partial charge in [-0.05, 0) is 24.3 Å². The Morgan fingerprint density at radius 1 is 1.10 bits per heavy atom. The molecule has 0 bridgehead atoms. The topological polar surface area (TPSA) is 82.1 Å². The molecule has 1 aromatic rings. The number of carbonyl (C=O) groups is 2. The highest BCUT2D eigenvalue weighted by Crippen LogP contribution is 2.11. The number of carboxylic acids is 1. The molecule has 108 valence electrons. The molecule has 0 aliphatic carbocycles. The van der Waals surface area contributed by atoms with E-state index in [9.17, 15) is 9.59 Å². The van der Waals surface area contributed by atoms with Crippen LogP contribution in [0.3, 0.4) is 0 Å². The Balaban J connectivity index is 2.10. The van der Waals surface area contributed by atoms with Gasteiger partial charge in [-0.3, -0.25) is 0 Å². The van der Waals surface area contributed by atoms with Crippen LogP contribution >= 0.6 is 0 Å². The summed E-state index contributed by atoms with van der Waals surface area (Å²) in [6.07, 6.45) is 1.09. The van der Waals surface area contributed by atoms with Crippen molar-refractivity contribution in [3.05, 3.63) is 42.5 Å². The molecule has 0 amide bonds. The van der Waals surface area contributed by atoms with E-state index in [0.717, 1.165) is 6.08 Å². The molecule has 1 rings (SSSR count). The SMILES string of the molecule is C=CC(=O)OCCOCCOc1ccc(C(=O)O)cc1. The number of esters is 1. The first kappa shape index (κ1) is 15.7. The number of rotatable bonds is 9. The lowest BCUT2D eigenvalue weighted by atomic mass is 10.2. The quantitative estimate of drug-likeness (QED) is 0.419. The molecule has 6 heteroatoms. The maximum absolute atomic E-state index is 10.7. The second-order valence-electron chi connectivity index (χ2n) is 3.66. The second-order valence-corrected chi connectivity index (χ2v) is 3.66. The van der Waals surface area contributed by atoms with E-state index in [1.807, 2.05) is 0 Å². The summed E-state index contributed by atoms with van der Waals surface area (Å²) >= 11 is 0. The van der Waals surface area contributed by atoms with Crippen molar-refractivity contribution in [1.82, 2.24) is 0 Å². The van der Waals surface area contributed by atoms with Crippen molar-refractivity contribution >= 4 is 11.9 Å². The Morgan fingerprint density at radius 3 is 2.35 bits per heavy atom. The summed E-state index contributed by atoms with van der Waals surface area (Å²) in [5.74, 6) is -0.894. The average molecular weight is 280 g/mol. The van der Waals surface area contributed by atoms with Crippen LogP contribution in [0.15, 0.2) is 36.9 Å². The Kier molecular flexibility index (Phi) is 6.84. The fourth-order valence-corrected chi connectivity index (χ4v) is 1.27. The van der Waals surface area contributed by atoms with Gasteiger partial charge in [0.1, 0.15) is 19.0 Å². The van der Waals surface area contributed by atoms with Crippen molar-refractivity contribution < 1.29 is 28.9 Å². The van der Waals surface area contributed by atoms with Crippen LogP contribution in [0.2, 0.25) is 0 Å². The van der Waals surface area contributed by atoms with Gasteiger partial charge in [0, 0.05) is 6.08 Å². The van der Waals surface area contributed by atoms with E-state index in [-0.39, 0.29) is 18.8 Å². The van der Waals surface area contributed by atoms with E-state index >= 15 is 0 Å². The molecule has 0 aliphatic heterocycles. The highest BCUT2D eigenvalue weighted by molar-refractivity contribution is 5.87. The Morgan fingerprint density at radius 2 is 1.75 bits per heavy atom. The normalized spacial score (nSPS) is 9.80. The molecule has 0 spiro atoms. The zero-order valence-electron chi connectivity index (χ0n) is 10.9. The highest BCUT2D eigenvalue weighted by atomic mass is 16.6. The average Bonchev–Trinajstić information content (AvgIpc) is 2.46. The van der Waals surface area contributed by atoms with Gasteiger partial charge in [0.25, 0.3) is 0 Å². The summed E-state index contributed by atoms with van der Waals surface area (Å²) in [4.78, 5) is 21.3. The monoisotopic (exact) mass is 280 g/mol. The highest BCUT2D eigenvalue weighted by Gasteiger charge is 2.02. The molecule has 1 N–H and O–H groups in total. The Bertz CT molecular complexity index is 451. The first-order chi connectivity index (χ1) is 9.63. The zero-order valence-corrected chi connectivity index (χ0v) is 10.9. The molecule has 1 aromatic carbocycles. The van der Waals surface area contributed by atoms with Crippen LogP contribution in [0.4, 0.5) is 0 Å². The van der Waals surface area contributed by atoms with E-state index < -0.39 is 11.9 Å². The van der Waals surface area contributed by atoms with E-state index in [2.05, 4.69) is 6.58 Å². The lowest BCUT2D eigenvalue weighted by molar-refractivity contribution is -0.139. The van der Waals surface area contributed by atoms with Crippen LogP contribution in [-0.2, 0) is 14.3 Å². The third-order valence-electron chi connectivity index (χ3n) is 2.24. The van der Waals surface area contributed by atoms with Crippen LogP contribution in [0, 0.1) is 0 Å². The van der Waals surface area contributed by atoms with Crippen LogP contribution < -0.4 is 4.74 Å². The van der Waals surface area contributed by atoms with Gasteiger partial charge < -0.3 is 19.3 Å². The molecule has 20 heavy (non-hydrogen) atoms. The van der Waals surface area contributed by atoms with E-state index in [4.69, 9.17) is 19.3 Å². The van der Waals surface area contributed by atoms with Gasteiger partial charge in [0.2, 0.25) is 0 Å². The maximum atomic E-state index is 10.7. The largest absolute Gasteiger partial charge is 0.491 e. The smallest absolute Gasteiger partial charge is 0.335 e. The fraction of sp³-hybridized carbons (Fsp3) is 0.286. The summed E-state index contributed by atoms with van der Waals surface area (Å²) in [7, 11) is 0. The molecule has 0 unspecified atom stereocenters. The molecule has 0 aliphatic rings. The molecule has 0 fully saturated rings. The van der Waals surface area contributed by atoms with Gasteiger partial charge in [-0.1, -0.05) is 6.58 Å². The third kappa shape index (κ3) is 6.01. The molecular formula is C14H16O6. The zero-order chi connectivity index (χ0) is 14.8. The minimum absolute atomic E-state index is 0.165. The summed E-state index contributed by atoms with van der Waals surface area (Å²) in [5, 5.41) is 8.73. The number of aromatic carboxylic acids is 1. The molecular weight excluding hydrogens is 264 g/mol. The number of carboxylic acid groups (broad SMARTS) is 1. The number of benzene rings is 1. The van der Waals surface area contributed by atoms with Gasteiger partial charge in [-0.2, -0.15) is 0 Å². The molecule has 0 heterocycles.